The second-order valence-corrected chi connectivity index (χ2v) is 3.06. The van der Waals surface area contributed by atoms with Crippen molar-refractivity contribution >= 4 is 6.08 Å². The summed E-state index contributed by atoms with van der Waals surface area (Å²) in [5.41, 5.74) is 2.64. The molecule has 72 valence electrons. The van der Waals surface area contributed by atoms with Gasteiger partial charge in [0.05, 0.1) is 0 Å². The monoisotopic (exact) mass is 176 g/mol. The smallest absolute Gasteiger partial charge is 0.0231 e. The molecule has 0 N–H and O–H groups in total. The highest BCUT2D eigenvalue weighted by atomic mass is 13.9. The lowest BCUT2D eigenvalue weighted by atomic mass is 10.1. The summed E-state index contributed by atoms with van der Waals surface area (Å²) in [6.07, 6.45) is 5.43. The van der Waals surface area contributed by atoms with E-state index in [4.69, 9.17) is 0 Å². The van der Waals surface area contributed by atoms with Crippen LogP contribution in [0.3, 0.4) is 0 Å². The Morgan fingerprint density at radius 1 is 1.15 bits per heavy atom. The van der Waals surface area contributed by atoms with Gasteiger partial charge in [-0.15, -0.1) is 0 Å². The topological polar surface area (TPSA) is 0 Å². The van der Waals surface area contributed by atoms with Gasteiger partial charge in [0.1, 0.15) is 0 Å². The van der Waals surface area contributed by atoms with Crippen LogP contribution >= 0.6 is 0 Å². The summed E-state index contributed by atoms with van der Waals surface area (Å²) in [7, 11) is 0. The van der Waals surface area contributed by atoms with E-state index in [9.17, 15) is 0 Å². The molecule has 1 rings (SSSR count). The Kier molecular flexibility index (Phi) is 6.99. The van der Waals surface area contributed by atoms with Crippen molar-refractivity contribution in [3.63, 3.8) is 0 Å². The molecule has 0 spiro atoms. The number of hydrogen-bond acceptors (Lipinski definition) is 0. The number of hydrogen-bond donors (Lipinski definition) is 0. The summed E-state index contributed by atoms with van der Waals surface area (Å²) in [4.78, 5) is 0. The molecule has 13 heavy (non-hydrogen) atoms. The van der Waals surface area contributed by atoms with Crippen LogP contribution in [0.25, 0.3) is 6.08 Å². The molecule has 0 aliphatic rings. The van der Waals surface area contributed by atoms with Crippen LogP contribution in [0.5, 0.6) is 0 Å². The predicted octanol–water partition coefficient (Wildman–Crippen LogP) is 4.44. The first-order chi connectivity index (χ1) is 6.26. The van der Waals surface area contributed by atoms with Gasteiger partial charge < -0.3 is 0 Å². The molecule has 0 heterocycles. The molecule has 0 nitrogen and oxygen atoms in total. The Labute approximate surface area is 82.3 Å². The van der Waals surface area contributed by atoms with Crippen LogP contribution in [0, 0.1) is 6.92 Å². The van der Waals surface area contributed by atoms with E-state index in [1.165, 1.54) is 17.5 Å². The maximum Gasteiger partial charge on any atom is -0.0231 e. The Bertz CT molecular complexity index is 246. The van der Waals surface area contributed by atoms with Gasteiger partial charge in [0.25, 0.3) is 0 Å². The van der Waals surface area contributed by atoms with E-state index in [0.717, 1.165) is 0 Å². The summed E-state index contributed by atoms with van der Waals surface area (Å²) >= 11 is 0. The summed E-state index contributed by atoms with van der Waals surface area (Å²) in [5, 5.41) is 0. The van der Waals surface area contributed by atoms with Crippen molar-refractivity contribution < 1.29 is 0 Å². The maximum absolute atomic E-state index is 2.12. The fourth-order valence-corrected chi connectivity index (χ4v) is 0.953. The molecule has 0 saturated heterocycles. The normalized spacial score (nSPS) is 9.54. The van der Waals surface area contributed by atoms with E-state index in [0.29, 0.717) is 0 Å². The van der Waals surface area contributed by atoms with E-state index in [2.05, 4.69) is 57.2 Å². The number of rotatable bonds is 1. The van der Waals surface area contributed by atoms with Gasteiger partial charge in [-0.05, 0) is 25.0 Å². The Balaban J connectivity index is 0.000000424. The zero-order chi connectivity index (χ0) is 10.1. The van der Waals surface area contributed by atoms with Crippen molar-refractivity contribution in [3.05, 3.63) is 41.5 Å². The second kappa shape index (κ2) is 7.60. The molecular weight excluding hydrogens is 156 g/mol. The first kappa shape index (κ1) is 12.0. The van der Waals surface area contributed by atoms with Gasteiger partial charge in [-0.3, -0.25) is 0 Å². The van der Waals surface area contributed by atoms with E-state index >= 15 is 0 Å². The van der Waals surface area contributed by atoms with Crippen molar-refractivity contribution in [2.75, 3.05) is 0 Å². The van der Waals surface area contributed by atoms with Crippen molar-refractivity contribution in [2.24, 2.45) is 0 Å². The van der Waals surface area contributed by atoms with E-state index in [-0.39, 0.29) is 0 Å². The largest absolute Gasteiger partial charge is 0.0871 e. The number of allylic oxidation sites excluding steroid dienone is 1. The van der Waals surface area contributed by atoms with Crippen molar-refractivity contribution in [3.8, 4) is 0 Å². The fourth-order valence-electron chi connectivity index (χ4n) is 0.953. The van der Waals surface area contributed by atoms with Crippen LogP contribution in [0.1, 0.15) is 38.3 Å². The lowest BCUT2D eigenvalue weighted by Crippen LogP contribution is -1.76. The average Bonchev–Trinajstić information content (AvgIpc) is 2.11. The maximum atomic E-state index is 2.12. The van der Waals surface area contributed by atoms with E-state index in [1.807, 2.05) is 6.92 Å². The van der Waals surface area contributed by atoms with Crippen LogP contribution < -0.4 is 0 Å². The average molecular weight is 176 g/mol. The lowest BCUT2D eigenvalue weighted by Gasteiger charge is -1.96. The molecule has 0 bridgehead atoms. The van der Waals surface area contributed by atoms with Gasteiger partial charge in [0.2, 0.25) is 0 Å². The van der Waals surface area contributed by atoms with Crippen LogP contribution in [0.2, 0.25) is 0 Å². The SMILES string of the molecule is C/C=C\c1ccccc1C.CCC. The molecule has 1 aromatic rings. The first-order valence-corrected chi connectivity index (χ1v) is 4.94. The van der Waals surface area contributed by atoms with Crippen LogP contribution in [0.4, 0.5) is 0 Å². The molecule has 0 aromatic heterocycles. The minimum atomic E-state index is 1.25. The molecular formula is C13H20. The Morgan fingerprint density at radius 2 is 1.69 bits per heavy atom. The molecule has 0 saturated carbocycles. The minimum absolute atomic E-state index is 1.25. The van der Waals surface area contributed by atoms with Crippen LogP contribution in [-0.2, 0) is 0 Å². The summed E-state index contributed by atoms with van der Waals surface area (Å²) < 4.78 is 0. The third-order valence-corrected chi connectivity index (χ3v) is 1.53. The van der Waals surface area contributed by atoms with Crippen molar-refractivity contribution in [2.45, 2.75) is 34.1 Å². The Morgan fingerprint density at radius 3 is 2.15 bits per heavy atom. The highest BCUT2D eigenvalue weighted by molar-refractivity contribution is 5.52. The van der Waals surface area contributed by atoms with E-state index < -0.39 is 0 Å². The first-order valence-electron chi connectivity index (χ1n) is 4.94. The minimum Gasteiger partial charge on any atom is -0.0871 e. The Hall–Kier alpha value is -1.04. The van der Waals surface area contributed by atoms with Crippen LogP contribution in [0.15, 0.2) is 30.3 Å². The van der Waals surface area contributed by atoms with Crippen LogP contribution in [-0.4, -0.2) is 0 Å². The zero-order valence-electron chi connectivity index (χ0n) is 9.17. The molecule has 0 fully saturated rings. The van der Waals surface area contributed by atoms with Gasteiger partial charge >= 0.3 is 0 Å². The van der Waals surface area contributed by atoms with Gasteiger partial charge in [-0.1, -0.05) is 56.7 Å². The second-order valence-electron chi connectivity index (χ2n) is 3.06. The van der Waals surface area contributed by atoms with Gasteiger partial charge in [0, 0.05) is 0 Å². The van der Waals surface area contributed by atoms with Gasteiger partial charge in [-0.2, -0.15) is 0 Å². The number of aryl methyl sites for hydroxylation is 1. The molecule has 0 amide bonds. The highest BCUT2D eigenvalue weighted by Crippen LogP contribution is 2.07. The lowest BCUT2D eigenvalue weighted by molar-refractivity contribution is 1.09. The van der Waals surface area contributed by atoms with Crippen molar-refractivity contribution in [1.29, 1.82) is 0 Å². The standard InChI is InChI=1S/C10H12.C3H8/c1-3-6-10-8-5-4-7-9(10)2;1-3-2/h3-8H,1-2H3;3H2,1-2H3/b6-3-;. The molecule has 0 atom stereocenters. The molecule has 0 unspecified atom stereocenters. The molecule has 1 aromatic carbocycles. The molecule has 0 radical (unpaired) electrons. The molecule has 0 aliphatic carbocycles. The number of benzene rings is 1. The quantitative estimate of drug-likeness (QED) is 0.593. The van der Waals surface area contributed by atoms with Gasteiger partial charge in [0.15, 0.2) is 0 Å². The summed E-state index contributed by atoms with van der Waals surface area (Å²) in [6.45, 7) is 8.40. The summed E-state index contributed by atoms with van der Waals surface area (Å²) in [5.74, 6) is 0. The third-order valence-electron chi connectivity index (χ3n) is 1.53. The van der Waals surface area contributed by atoms with Crippen molar-refractivity contribution in [1.82, 2.24) is 0 Å². The van der Waals surface area contributed by atoms with E-state index in [1.54, 1.807) is 0 Å². The summed E-state index contributed by atoms with van der Waals surface area (Å²) in [6, 6.07) is 8.36. The zero-order valence-corrected chi connectivity index (χ0v) is 9.17. The highest BCUT2D eigenvalue weighted by Gasteiger charge is 1.87. The molecule has 0 heteroatoms. The third kappa shape index (κ3) is 5.24. The molecule has 0 aliphatic heterocycles. The predicted molar refractivity (Wildman–Crippen MR) is 61.9 cm³/mol. The fraction of sp³-hybridized carbons (Fsp3) is 0.385. The van der Waals surface area contributed by atoms with Gasteiger partial charge in [-0.25, -0.2) is 0 Å².